The van der Waals surface area contributed by atoms with Gasteiger partial charge in [0, 0.05) is 0 Å². The van der Waals surface area contributed by atoms with Crippen LogP contribution < -0.4 is 11.2 Å². The van der Waals surface area contributed by atoms with Crippen LogP contribution in [0.3, 0.4) is 0 Å². The molecule has 2 aromatic carbocycles. The van der Waals surface area contributed by atoms with Crippen molar-refractivity contribution in [2.24, 2.45) is 0 Å². The van der Waals surface area contributed by atoms with Crippen molar-refractivity contribution in [3.8, 4) is 5.69 Å². The average Bonchev–Trinajstić information content (AvgIpc) is 3.23. The number of para-hydroxylation sites is 1. The smallest absolute Gasteiger partial charge is 0.337 e. The zero-order valence-electron chi connectivity index (χ0n) is 18.2. The first-order valence-electron chi connectivity index (χ1n) is 10.4. The van der Waals surface area contributed by atoms with Crippen LogP contribution in [0, 0.1) is 6.92 Å². The van der Waals surface area contributed by atoms with Crippen LogP contribution in [0.25, 0.3) is 16.9 Å². The van der Waals surface area contributed by atoms with E-state index in [-0.39, 0.29) is 24.3 Å². The largest absolute Gasteiger partial charge is 0.464 e. The first-order valence-corrected chi connectivity index (χ1v) is 10.4. The fourth-order valence-corrected chi connectivity index (χ4v) is 3.75. The van der Waals surface area contributed by atoms with Crippen LogP contribution in [-0.4, -0.2) is 31.3 Å². The molecule has 0 fully saturated rings. The lowest BCUT2D eigenvalue weighted by Gasteiger charge is -2.16. The van der Waals surface area contributed by atoms with Crippen molar-refractivity contribution in [2.45, 2.75) is 33.4 Å². The minimum absolute atomic E-state index is 0.0965. The maximum atomic E-state index is 13.6. The lowest BCUT2D eigenvalue weighted by molar-refractivity contribution is -0.146. The van der Waals surface area contributed by atoms with Gasteiger partial charge in [0.05, 0.1) is 25.2 Å². The number of rotatable bonds is 6. The van der Waals surface area contributed by atoms with Crippen molar-refractivity contribution < 1.29 is 9.53 Å². The number of ether oxygens (including phenoxy) is 1. The molecule has 0 amide bonds. The van der Waals surface area contributed by atoms with Gasteiger partial charge in [-0.2, -0.15) is 0 Å². The summed E-state index contributed by atoms with van der Waals surface area (Å²) in [6.45, 7) is 5.57. The van der Waals surface area contributed by atoms with Gasteiger partial charge < -0.3 is 9.30 Å². The van der Waals surface area contributed by atoms with E-state index in [4.69, 9.17) is 4.74 Å². The zero-order valence-corrected chi connectivity index (χ0v) is 18.2. The predicted molar refractivity (Wildman–Crippen MR) is 121 cm³/mol. The number of carbonyl (C=O) groups excluding carboxylic acids is 1. The molecule has 0 aliphatic carbocycles. The SMILES string of the molecule is CCOC(=O)[C@@H](C)n1cnc2c1c(=O)n(Cc1ccccc1)c(=O)n2-c1ccccc1C. The Kier molecular flexibility index (Phi) is 5.77. The van der Waals surface area contributed by atoms with E-state index in [1.165, 1.54) is 20.0 Å². The van der Waals surface area contributed by atoms with Crippen LogP contribution in [0.2, 0.25) is 0 Å². The molecule has 2 heterocycles. The van der Waals surface area contributed by atoms with Crippen molar-refractivity contribution in [1.82, 2.24) is 18.7 Å². The molecule has 0 saturated heterocycles. The Balaban J connectivity index is 2.04. The third-order valence-electron chi connectivity index (χ3n) is 5.44. The van der Waals surface area contributed by atoms with Gasteiger partial charge in [0.25, 0.3) is 5.56 Å². The molecule has 0 N–H and O–H groups in total. The van der Waals surface area contributed by atoms with E-state index in [0.717, 1.165) is 11.1 Å². The van der Waals surface area contributed by atoms with Crippen LogP contribution in [0.15, 0.2) is 70.5 Å². The standard InChI is InChI=1S/C24H24N4O4/c1-4-32-23(30)17(3)27-15-25-21-20(27)22(29)26(14-18-11-6-5-7-12-18)24(31)28(21)19-13-9-8-10-16(19)2/h5-13,15,17H,4,14H2,1-3H3/t17-/m1/s1. The number of benzene rings is 2. The number of hydrogen-bond acceptors (Lipinski definition) is 5. The molecule has 0 aliphatic heterocycles. The Morgan fingerprint density at radius 1 is 1.06 bits per heavy atom. The minimum Gasteiger partial charge on any atom is -0.464 e. The molecular weight excluding hydrogens is 408 g/mol. The average molecular weight is 432 g/mol. The first kappa shape index (κ1) is 21.3. The van der Waals surface area contributed by atoms with Crippen molar-refractivity contribution >= 4 is 17.1 Å². The van der Waals surface area contributed by atoms with E-state index >= 15 is 0 Å². The highest BCUT2D eigenvalue weighted by Crippen LogP contribution is 2.20. The van der Waals surface area contributed by atoms with Crippen molar-refractivity contribution in [3.05, 3.63) is 92.9 Å². The molecule has 0 aliphatic rings. The van der Waals surface area contributed by atoms with Gasteiger partial charge in [-0.05, 0) is 38.0 Å². The van der Waals surface area contributed by atoms with E-state index in [1.54, 1.807) is 19.9 Å². The molecule has 0 bridgehead atoms. The summed E-state index contributed by atoms with van der Waals surface area (Å²) in [5.41, 5.74) is 1.67. The van der Waals surface area contributed by atoms with E-state index in [1.807, 2.05) is 55.5 Å². The van der Waals surface area contributed by atoms with Gasteiger partial charge in [-0.1, -0.05) is 48.5 Å². The highest BCUT2D eigenvalue weighted by Gasteiger charge is 2.25. The highest BCUT2D eigenvalue weighted by atomic mass is 16.5. The number of carbonyl (C=O) groups is 1. The Bertz CT molecular complexity index is 1400. The normalized spacial score (nSPS) is 12.1. The topological polar surface area (TPSA) is 88.1 Å². The number of aryl methyl sites for hydroxylation is 1. The molecule has 1 atom stereocenters. The predicted octanol–water partition coefficient (Wildman–Crippen LogP) is 2.83. The first-order chi connectivity index (χ1) is 15.4. The maximum absolute atomic E-state index is 13.6. The molecule has 8 nitrogen and oxygen atoms in total. The number of imidazole rings is 1. The second-order valence-corrected chi connectivity index (χ2v) is 7.53. The maximum Gasteiger partial charge on any atom is 0.337 e. The molecule has 32 heavy (non-hydrogen) atoms. The summed E-state index contributed by atoms with van der Waals surface area (Å²) in [4.78, 5) is 43.9. The summed E-state index contributed by atoms with van der Waals surface area (Å²) >= 11 is 0. The van der Waals surface area contributed by atoms with Gasteiger partial charge in [-0.3, -0.25) is 9.36 Å². The summed E-state index contributed by atoms with van der Waals surface area (Å²) in [6.07, 6.45) is 1.41. The second kappa shape index (κ2) is 8.66. The van der Waals surface area contributed by atoms with Crippen LogP contribution in [0.4, 0.5) is 0 Å². The van der Waals surface area contributed by atoms with E-state index in [2.05, 4.69) is 4.98 Å². The molecule has 8 heteroatoms. The molecule has 0 radical (unpaired) electrons. The summed E-state index contributed by atoms with van der Waals surface area (Å²) in [5, 5.41) is 0. The lowest BCUT2D eigenvalue weighted by Crippen LogP contribution is -2.40. The van der Waals surface area contributed by atoms with Gasteiger partial charge in [0.1, 0.15) is 6.04 Å². The molecule has 0 saturated carbocycles. The molecule has 0 spiro atoms. The summed E-state index contributed by atoms with van der Waals surface area (Å²) in [6, 6.07) is 15.9. The molecule has 0 unspecified atom stereocenters. The second-order valence-electron chi connectivity index (χ2n) is 7.53. The Hall–Kier alpha value is -3.94. The fraction of sp³-hybridized carbons (Fsp3) is 0.250. The van der Waals surface area contributed by atoms with E-state index in [0.29, 0.717) is 5.69 Å². The van der Waals surface area contributed by atoms with Crippen LogP contribution in [-0.2, 0) is 16.1 Å². The molecule has 2 aromatic heterocycles. The van der Waals surface area contributed by atoms with Gasteiger partial charge in [0.2, 0.25) is 0 Å². The number of aromatic nitrogens is 4. The van der Waals surface area contributed by atoms with Gasteiger partial charge in [-0.15, -0.1) is 0 Å². The minimum atomic E-state index is -0.777. The van der Waals surface area contributed by atoms with Crippen LogP contribution >= 0.6 is 0 Å². The number of nitrogens with zero attached hydrogens (tertiary/aromatic N) is 4. The number of esters is 1. The van der Waals surface area contributed by atoms with E-state index < -0.39 is 23.3 Å². The number of hydrogen-bond donors (Lipinski definition) is 0. The Morgan fingerprint density at radius 2 is 1.75 bits per heavy atom. The molecular formula is C24H24N4O4. The monoisotopic (exact) mass is 432 g/mol. The third-order valence-corrected chi connectivity index (χ3v) is 5.44. The van der Waals surface area contributed by atoms with Crippen molar-refractivity contribution in [1.29, 1.82) is 0 Å². The molecule has 4 rings (SSSR count). The van der Waals surface area contributed by atoms with Crippen LogP contribution in [0.1, 0.15) is 31.0 Å². The van der Waals surface area contributed by atoms with Gasteiger partial charge in [-0.25, -0.2) is 19.1 Å². The number of fused-ring (bicyclic) bond motifs is 1. The molecule has 164 valence electrons. The summed E-state index contributed by atoms with van der Waals surface area (Å²) in [7, 11) is 0. The zero-order chi connectivity index (χ0) is 22.8. The van der Waals surface area contributed by atoms with Crippen LogP contribution in [0.5, 0.6) is 0 Å². The summed E-state index contributed by atoms with van der Waals surface area (Å²) in [5.74, 6) is -0.477. The van der Waals surface area contributed by atoms with Crippen molar-refractivity contribution in [3.63, 3.8) is 0 Å². The van der Waals surface area contributed by atoms with Crippen molar-refractivity contribution in [2.75, 3.05) is 6.61 Å². The third kappa shape index (κ3) is 3.64. The van der Waals surface area contributed by atoms with Gasteiger partial charge in [0.15, 0.2) is 11.2 Å². The van der Waals surface area contributed by atoms with Gasteiger partial charge >= 0.3 is 11.7 Å². The fourth-order valence-electron chi connectivity index (χ4n) is 3.75. The summed E-state index contributed by atoms with van der Waals surface area (Å²) < 4.78 is 9.23. The quantitative estimate of drug-likeness (QED) is 0.437. The molecule has 4 aromatic rings. The Morgan fingerprint density at radius 3 is 2.44 bits per heavy atom. The Labute approximate surface area is 184 Å². The lowest BCUT2D eigenvalue weighted by atomic mass is 10.2. The highest BCUT2D eigenvalue weighted by molar-refractivity contribution is 5.79. The van der Waals surface area contributed by atoms with E-state index in [9.17, 15) is 14.4 Å².